The van der Waals surface area contributed by atoms with Gasteiger partial charge in [0.1, 0.15) is 0 Å². The van der Waals surface area contributed by atoms with Gasteiger partial charge in [0.25, 0.3) is 0 Å². The fraction of sp³-hybridized carbons (Fsp3) is 0.273. The van der Waals surface area contributed by atoms with E-state index in [1.807, 2.05) is 0 Å². The number of carbonyl (C=O) groups excluding carboxylic acids is 2. The summed E-state index contributed by atoms with van der Waals surface area (Å²) in [6, 6.07) is 4.88. The maximum Gasteiger partial charge on any atom is 0.379 e. The fourth-order valence-electron chi connectivity index (χ4n) is 1.60. The summed E-state index contributed by atoms with van der Waals surface area (Å²) in [6.45, 7) is -3.67. The highest BCUT2D eigenvalue weighted by Crippen LogP contribution is 2.29. The summed E-state index contributed by atoms with van der Waals surface area (Å²) in [5.74, 6) is -1.02. The summed E-state index contributed by atoms with van der Waals surface area (Å²) < 4.78 is 29.0. The van der Waals surface area contributed by atoms with Crippen molar-refractivity contribution in [3.63, 3.8) is 0 Å². The van der Waals surface area contributed by atoms with Gasteiger partial charge in [-0.05, 0) is 23.8 Å². The molecule has 0 bridgehead atoms. The number of alkyl halides is 3. The van der Waals surface area contributed by atoms with Crippen molar-refractivity contribution < 1.29 is 22.8 Å². The van der Waals surface area contributed by atoms with E-state index in [9.17, 15) is 22.8 Å². The zero-order valence-corrected chi connectivity index (χ0v) is 10.8. The van der Waals surface area contributed by atoms with Crippen LogP contribution in [0.3, 0.4) is 0 Å². The zero-order chi connectivity index (χ0) is 14.6. The van der Waals surface area contributed by atoms with Crippen molar-refractivity contribution in [1.82, 2.24) is 5.32 Å². The number of carbonyl (C=O) groups is 2. The third-order valence-electron chi connectivity index (χ3n) is 2.26. The van der Waals surface area contributed by atoms with Crippen molar-refractivity contribution in [2.75, 3.05) is 0 Å². The van der Waals surface area contributed by atoms with Crippen LogP contribution in [0.2, 0.25) is 10.0 Å². The molecular weight excluding hydrogens is 306 g/mol. The van der Waals surface area contributed by atoms with Gasteiger partial charge in [0.05, 0.1) is 5.92 Å². The molecule has 1 aromatic rings. The molecule has 1 heterocycles. The third-order valence-corrected chi connectivity index (χ3v) is 2.69. The molecule has 19 heavy (non-hydrogen) atoms. The van der Waals surface area contributed by atoms with Crippen LogP contribution in [0.1, 0.15) is 17.9 Å². The van der Waals surface area contributed by atoms with Crippen LogP contribution >= 0.6 is 23.2 Å². The topological polar surface area (TPSA) is 46.2 Å². The SMILES string of the molecule is FC(F)F.O=C1CC(c2cc(Cl)cc(Cl)c2)C(=O)N1. The van der Waals surface area contributed by atoms with Gasteiger partial charge < -0.3 is 0 Å². The smallest absolute Gasteiger partial charge is 0.296 e. The normalized spacial score (nSPS) is 18.1. The maximum absolute atomic E-state index is 11.4. The quantitative estimate of drug-likeness (QED) is 0.809. The van der Waals surface area contributed by atoms with Crippen LogP contribution in [0, 0.1) is 0 Å². The Morgan fingerprint density at radius 3 is 1.95 bits per heavy atom. The van der Waals surface area contributed by atoms with Gasteiger partial charge in [-0.3, -0.25) is 14.9 Å². The number of hydrogen-bond acceptors (Lipinski definition) is 2. The lowest BCUT2D eigenvalue weighted by atomic mass is 9.98. The standard InChI is InChI=1S/C10H7Cl2NO2.CHF3/c11-6-1-5(2-7(12)3-6)8-4-9(14)13-10(8)15;2-1(3)4/h1-3,8H,4H2,(H,13,14,15);1H. The molecule has 1 aromatic carbocycles. The Morgan fingerprint density at radius 1 is 1.11 bits per heavy atom. The van der Waals surface area contributed by atoms with Crippen molar-refractivity contribution in [3.05, 3.63) is 33.8 Å². The Hall–Kier alpha value is -1.27. The molecule has 0 radical (unpaired) electrons. The Balaban J connectivity index is 0.000000399. The molecule has 8 heteroatoms. The molecule has 1 aliphatic heterocycles. The maximum atomic E-state index is 11.4. The highest BCUT2D eigenvalue weighted by molar-refractivity contribution is 6.34. The summed E-state index contributed by atoms with van der Waals surface area (Å²) >= 11 is 11.6. The lowest BCUT2D eigenvalue weighted by Crippen LogP contribution is -2.21. The third kappa shape index (κ3) is 5.08. The van der Waals surface area contributed by atoms with Gasteiger partial charge in [-0.15, -0.1) is 0 Å². The minimum atomic E-state index is -3.67. The second kappa shape index (κ2) is 6.77. The number of hydrogen-bond donors (Lipinski definition) is 1. The van der Waals surface area contributed by atoms with Gasteiger partial charge in [-0.25, -0.2) is 0 Å². The second-order valence-corrected chi connectivity index (χ2v) is 4.49. The molecule has 0 aliphatic carbocycles. The van der Waals surface area contributed by atoms with E-state index >= 15 is 0 Å². The number of benzene rings is 1. The van der Waals surface area contributed by atoms with E-state index in [0.29, 0.717) is 15.6 Å². The molecule has 104 valence electrons. The predicted octanol–water partition coefficient (Wildman–Crippen LogP) is 3.30. The van der Waals surface area contributed by atoms with Gasteiger partial charge in [-0.2, -0.15) is 13.2 Å². The first-order valence-electron chi connectivity index (χ1n) is 5.01. The highest BCUT2D eigenvalue weighted by Gasteiger charge is 2.31. The summed E-state index contributed by atoms with van der Waals surface area (Å²) in [5.41, 5.74) is 0.677. The van der Waals surface area contributed by atoms with Gasteiger partial charge in [-0.1, -0.05) is 23.2 Å². The average molecular weight is 314 g/mol. The number of halogens is 5. The molecule has 0 aromatic heterocycles. The van der Waals surface area contributed by atoms with Crippen LogP contribution in [-0.2, 0) is 9.59 Å². The highest BCUT2D eigenvalue weighted by atomic mass is 35.5. The number of nitrogens with one attached hydrogen (secondary N) is 1. The molecule has 2 amide bonds. The van der Waals surface area contributed by atoms with Gasteiger partial charge >= 0.3 is 6.68 Å². The molecular formula is C11H8Cl2F3NO2. The molecule has 1 fully saturated rings. The number of amides is 2. The van der Waals surface area contributed by atoms with Crippen molar-refractivity contribution in [2.45, 2.75) is 19.0 Å². The van der Waals surface area contributed by atoms with E-state index in [1.165, 1.54) is 0 Å². The van der Waals surface area contributed by atoms with E-state index in [4.69, 9.17) is 23.2 Å². The summed E-state index contributed by atoms with van der Waals surface area (Å²) in [5, 5.41) is 3.17. The first-order chi connectivity index (χ1) is 8.79. The van der Waals surface area contributed by atoms with Crippen LogP contribution in [0.15, 0.2) is 18.2 Å². The molecule has 1 aliphatic rings. The Morgan fingerprint density at radius 2 is 1.58 bits per heavy atom. The van der Waals surface area contributed by atoms with Crippen LogP contribution in [0.4, 0.5) is 13.2 Å². The molecule has 1 saturated heterocycles. The Bertz CT molecular complexity index is 474. The van der Waals surface area contributed by atoms with E-state index in [2.05, 4.69) is 5.32 Å². The zero-order valence-electron chi connectivity index (χ0n) is 9.30. The summed E-state index contributed by atoms with van der Waals surface area (Å²) in [6.07, 6.45) is 0.162. The van der Waals surface area contributed by atoms with E-state index in [-0.39, 0.29) is 18.2 Å². The lowest BCUT2D eigenvalue weighted by molar-refractivity contribution is -0.125. The van der Waals surface area contributed by atoms with Crippen LogP contribution in [0.25, 0.3) is 0 Å². The number of rotatable bonds is 1. The van der Waals surface area contributed by atoms with Gasteiger partial charge in [0, 0.05) is 16.5 Å². The first kappa shape index (κ1) is 15.8. The van der Waals surface area contributed by atoms with Crippen molar-refractivity contribution in [2.24, 2.45) is 0 Å². The molecule has 3 nitrogen and oxygen atoms in total. The molecule has 1 unspecified atom stereocenters. The van der Waals surface area contributed by atoms with Crippen molar-refractivity contribution in [3.8, 4) is 0 Å². The minimum Gasteiger partial charge on any atom is -0.296 e. The van der Waals surface area contributed by atoms with Crippen LogP contribution in [0.5, 0.6) is 0 Å². The molecule has 1 N–H and O–H groups in total. The summed E-state index contributed by atoms with van der Waals surface area (Å²) in [4.78, 5) is 22.4. The second-order valence-electron chi connectivity index (χ2n) is 3.62. The number of imide groups is 1. The lowest BCUT2D eigenvalue weighted by Gasteiger charge is -2.07. The Kier molecular flexibility index (Phi) is 5.62. The summed E-state index contributed by atoms with van der Waals surface area (Å²) in [7, 11) is 0. The van der Waals surface area contributed by atoms with Gasteiger partial charge in [0.2, 0.25) is 11.8 Å². The van der Waals surface area contributed by atoms with E-state index < -0.39 is 12.6 Å². The fourth-order valence-corrected chi connectivity index (χ4v) is 2.14. The molecule has 0 spiro atoms. The van der Waals surface area contributed by atoms with Crippen LogP contribution in [-0.4, -0.2) is 18.5 Å². The molecule has 2 rings (SSSR count). The van der Waals surface area contributed by atoms with Crippen molar-refractivity contribution >= 4 is 35.0 Å². The van der Waals surface area contributed by atoms with E-state index in [0.717, 1.165) is 0 Å². The minimum absolute atomic E-state index is 0.162. The van der Waals surface area contributed by atoms with Crippen molar-refractivity contribution in [1.29, 1.82) is 0 Å². The predicted molar refractivity (Wildman–Crippen MR) is 64.1 cm³/mol. The largest absolute Gasteiger partial charge is 0.379 e. The first-order valence-corrected chi connectivity index (χ1v) is 5.77. The Labute approximate surface area is 116 Å². The average Bonchev–Trinajstić information content (AvgIpc) is 2.55. The molecule has 0 saturated carbocycles. The molecule has 1 atom stereocenters. The monoisotopic (exact) mass is 313 g/mol. The van der Waals surface area contributed by atoms with Gasteiger partial charge in [0.15, 0.2) is 0 Å². The van der Waals surface area contributed by atoms with Crippen LogP contribution < -0.4 is 5.32 Å². The van der Waals surface area contributed by atoms with E-state index in [1.54, 1.807) is 18.2 Å².